The van der Waals surface area contributed by atoms with Crippen LogP contribution in [0.15, 0.2) is 60.9 Å². The Hall–Kier alpha value is -3.50. The van der Waals surface area contributed by atoms with Gasteiger partial charge in [0.1, 0.15) is 6.07 Å². The maximum Gasteiger partial charge on any atom is 0.205 e. The Labute approximate surface area is 128 Å². The molecule has 3 aromatic rings. The third-order valence-electron chi connectivity index (χ3n) is 3.25. The lowest BCUT2D eigenvalue weighted by Crippen LogP contribution is -1.86. The second-order valence-electron chi connectivity index (χ2n) is 4.63. The number of hydrogen-bond donors (Lipinski definition) is 0. The van der Waals surface area contributed by atoms with Gasteiger partial charge < -0.3 is 0 Å². The fourth-order valence-electron chi connectivity index (χ4n) is 2.07. The second-order valence-corrected chi connectivity index (χ2v) is 4.63. The molecule has 2 heterocycles. The first-order chi connectivity index (χ1) is 10.8. The fourth-order valence-corrected chi connectivity index (χ4v) is 2.07. The molecule has 102 valence electrons. The maximum atomic E-state index is 8.78. The Morgan fingerprint density at radius 3 is 1.82 bits per heavy atom. The molecule has 3 rings (SSSR count). The van der Waals surface area contributed by atoms with Crippen LogP contribution >= 0.6 is 0 Å². The molecule has 4 nitrogen and oxygen atoms in total. The van der Waals surface area contributed by atoms with Crippen molar-refractivity contribution in [2.24, 2.45) is 0 Å². The number of hydrogen-bond acceptors (Lipinski definition) is 3. The van der Waals surface area contributed by atoms with E-state index in [-0.39, 0.29) is 0 Å². The first-order valence-electron chi connectivity index (χ1n) is 6.60. The molecule has 0 bridgehead atoms. The summed E-state index contributed by atoms with van der Waals surface area (Å²) >= 11 is 0. The average Bonchev–Trinajstić information content (AvgIpc) is 2.62. The van der Waals surface area contributed by atoms with E-state index in [0.717, 1.165) is 22.5 Å². The van der Waals surface area contributed by atoms with Gasteiger partial charge in [0.25, 0.3) is 0 Å². The second kappa shape index (κ2) is 5.87. The Bertz CT molecular complexity index is 788. The summed E-state index contributed by atoms with van der Waals surface area (Å²) in [6, 6.07) is 17.1. The lowest BCUT2D eigenvalue weighted by Gasteiger charge is -2.04. The van der Waals surface area contributed by atoms with Crippen molar-refractivity contribution >= 4 is 5.69 Å². The monoisotopic (exact) mass is 282 g/mol. The van der Waals surface area contributed by atoms with E-state index in [1.165, 1.54) is 0 Å². The van der Waals surface area contributed by atoms with E-state index in [1.807, 2.05) is 36.4 Å². The van der Waals surface area contributed by atoms with Gasteiger partial charge in [-0.15, -0.1) is 0 Å². The zero-order valence-electron chi connectivity index (χ0n) is 11.6. The molecule has 0 spiro atoms. The molecular formula is C18H10N4. The molecular weight excluding hydrogens is 272 g/mol. The molecule has 0 saturated heterocycles. The van der Waals surface area contributed by atoms with Crippen LogP contribution in [0.4, 0.5) is 5.69 Å². The summed E-state index contributed by atoms with van der Waals surface area (Å²) in [6.45, 7) is 6.93. The smallest absolute Gasteiger partial charge is 0.205 e. The maximum absolute atomic E-state index is 8.78. The van der Waals surface area contributed by atoms with E-state index >= 15 is 0 Å². The van der Waals surface area contributed by atoms with E-state index in [1.54, 1.807) is 24.5 Å². The predicted molar refractivity (Wildman–Crippen MR) is 83.9 cm³/mol. The molecule has 0 atom stereocenters. The zero-order valence-corrected chi connectivity index (χ0v) is 11.6. The van der Waals surface area contributed by atoms with Crippen LogP contribution in [-0.2, 0) is 0 Å². The molecule has 1 aromatic carbocycles. The van der Waals surface area contributed by atoms with Gasteiger partial charge in [0.05, 0.1) is 23.5 Å². The molecule has 0 radical (unpaired) electrons. The van der Waals surface area contributed by atoms with Gasteiger partial charge in [0, 0.05) is 23.5 Å². The topological polar surface area (TPSA) is 53.9 Å². The van der Waals surface area contributed by atoms with Crippen molar-refractivity contribution in [3.05, 3.63) is 77.9 Å². The van der Waals surface area contributed by atoms with Gasteiger partial charge in [0.15, 0.2) is 0 Å². The normalized spacial score (nSPS) is 9.73. The first-order valence-corrected chi connectivity index (χ1v) is 6.60. The van der Waals surface area contributed by atoms with E-state index in [4.69, 9.17) is 11.8 Å². The Kier molecular flexibility index (Phi) is 3.59. The van der Waals surface area contributed by atoms with E-state index in [2.05, 4.69) is 20.9 Å². The van der Waals surface area contributed by atoms with Crippen molar-refractivity contribution in [1.29, 1.82) is 5.26 Å². The van der Waals surface area contributed by atoms with Crippen molar-refractivity contribution in [1.82, 2.24) is 9.97 Å². The third-order valence-corrected chi connectivity index (χ3v) is 3.25. The molecule has 0 amide bonds. The summed E-state index contributed by atoms with van der Waals surface area (Å²) in [6.07, 6.45) is 3.13. The fraction of sp³-hybridized carbons (Fsp3) is 0. The number of nitrogens with zero attached hydrogens (tertiary/aromatic N) is 4. The molecule has 0 aliphatic carbocycles. The SMILES string of the molecule is [C-]#[N+]c1ccc(-c2ccc(-c3ccc(C#N)cn3)cc2)nc1. The van der Waals surface area contributed by atoms with Crippen LogP contribution in [0.1, 0.15) is 5.56 Å². The number of pyridine rings is 2. The largest absolute Gasteiger partial charge is 0.268 e. The van der Waals surface area contributed by atoms with Crippen LogP contribution in [0.25, 0.3) is 27.4 Å². The van der Waals surface area contributed by atoms with Crippen molar-refractivity contribution in [3.63, 3.8) is 0 Å². The highest BCUT2D eigenvalue weighted by Gasteiger charge is 2.03. The lowest BCUT2D eigenvalue weighted by molar-refractivity contribution is 1.30. The van der Waals surface area contributed by atoms with Crippen LogP contribution in [0.2, 0.25) is 0 Å². The third kappa shape index (κ3) is 2.67. The lowest BCUT2D eigenvalue weighted by atomic mass is 10.1. The summed E-state index contributed by atoms with van der Waals surface area (Å²) in [4.78, 5) is 11.9. The number of benzene rings is 1. The predicted octanol–water partition coefficient (Wildman–Crippen LogP) is 4.23. The highest BCUT2D eigenvalue weighted by atomic mass is 14.7. The van der Waals surface area contributed by atoms with E-state index in [9.17, 15) is 0 Å². The van der Waals surface area contributed by atoms with Crippen LogP contribution < -0.4 is 0 Å². The minimum absolute atomic E-state index is 0.530. The van der Waals surface area contributed by atoms with Crippen molar-refractivity contribution in [2.45, 2.75) is 0 Å². The molecule has 0 aliphatic rings. The standard InChI is InChI=1S/C18H10N4/c1-20-16-7-9-18(22-12-16)15-5-3-14(4-6-15)17-8-2-13(10-19)11-21-17/h2-9,11-12H. The molecule has 0 N–H and O–H groups in total. The first kappa shape index (κ1) is 13.5. The van der Waals surface area contributed by atoms with E-state index < -0.39 is 0 Å². The number of aromatic nitrogens is 2. The quantitative estimate of drug-likeness (QED) is 0.661. The van der Waals surface area contributed by atoms with Gasteiger partial charge >= 0.3 is 0 Å². The minimum Gasteiger partial charge on any atom is -0.268 e. The molecule has 2 aromatic heterocycles. The van der Waals surface area contributed by atoms with Gasteiger partial charge in [-0.1, -0.05) is 30.3 Å². The van der Waals surface area contributed by atoms with Crippen LogP contribution in [0, 0.1) is 17.9 Å². The minimum atomic E-state index is 0.530. The summed E-state index contributed by atoms with van der Waals surface area (Å²) in [7, 11) is 0. The van der Waals surface area contributed by atoms with Crippen LogP contribution in [-0.4, -0.2) is 9.97 Å². The highest BCUT2D eigenvalue weighted by Crippen LogP contribution is 2.23. The molecule has 0 aliphatic heterocycles. The van der Waals surface area contributed by atoms with Crippen LogP contribution in [0.5, 0.6) is 0 Å². The molecule has 4 heteroatoms. The zero-order chi connectivity index (χ0) is 15.4. The van der Waals surface area contributed by atoms with Crippen molar-refractivity contribution in [2.75, 3.05) is 0 Å². The van der Waals surface area contributed by atoms with E-state index in [0.29, 0.717) is 11.3 Å². The van der Waals surface area contributed by atoms with Crippen molar-refractivity contribution in [3.8, 4) is 28.6 Å². The van der Waals surface area contributed by atoms with Gasteiger partial charge in [-0.05, 0) is 18.2 Å². The van der Waals surface area contributed by atoms with Gasteiger partial charge in [-0.25, -0.2) is 4.85 Å². The van der Waals surface area contributed by atoms with Gasteiger partial charge in [0.2, 0.25) is 5.69 Å². The Morgan fingerprint density at radius 2 is 1.41 bits per heavy atom. The number of nitriles is 1. The van der Waals surface area contributed by atoms with Crippen molar-refractivity contribution < 1.29 is 0 Å². The summed E-state index contributed by atoms with van der Waals surface area (Å²) in [5.74, 6) is 0. The molecule has 0 fully saturated rings. The number of rotatable bonds is 2. The molecule has 0 saturated carbocycles. The van der Waals surface area contributed by atoms with Gasteiger partial charge in [-0.3, -0.25) is 9.97 Å². The Morgan fingerprint density at radius 1 is 0.818 bits per heavy atom. The Balaban J connectivity index is 1.88. The van der Waals surface area contributed by atoms with Crippen LogP contribution in [0.3, 0.4) is 0 Å². The molecule has 0 unspecified atom stereocenters. The average molecular weight is 282 g/mol. The summed E-state index contributed by atoms with van der Waals surface area (Å²) in [5.41, 5.74) is 4.68. The summed E-state index contributed by atoms with van der Waals surface area (Å²) < 4.78 is 0. The van der Waals surface area contributed by atoms with Gasteiger partial charge in [-0.2, -0.15) is 5.26 Å². The highest BCUT2D eigenvalue weighted by molar-refractivity contribution is 5.67. The summed E-state index contributed by atoms with van der Waals surface area (Å²) in [5, 5.41) is 8.78. The molecule has 22 heavy (non-hydrogen) atoms.